The molecule has 164 valence electrons. The van der Waals surface area contributed by atoms with Gasteiger partial charge in [-0.05, 0) is 63.5 Å². The second-order valence-electron chi connectivity index (χ2n) is 8.73. The van der Waals surface area contributed by atoms with Crippen molar-refractivity contribution < 1.29 is 14.3 Å². The number of carbonyl (C=O) groups is 1. The van der Waals surface area contributed by atoms with Gasteiger partial charge in [-0.1, -0.05) is 0 Å². The Kier molecular flexibility index (Phi) is 5.78. The Bertz CT molecular complexity index is 1080. The minimum atomic E-state index is -0.418. The van der Waals surface area contributed by atoms with E-state index in [0.29, 0.717) is 25.3 Å². The number of aromatic nitrogens is 1. The number of fused-ring (bicyclic) bond motifs is 2. The molecule has 2 aromatic carbocycles. The number of likely N-dealkylation sites (N-methyl/N-ethyl adjacent to an activating group) is 2. The number of hydrogen-bond acceptors (Lipinski definition) is 5. The lowest BCUT2D eigenvalue weighted by Gasteiger charge is -2.36. The van der Waals surface area contributed by atoms with Crippen LogP contribution in [0.15, 0.2) is 48.7 Å². The molecule has 0 radical (unpaired) electrons. The maximum Gasteiger partial charge on any atom is 0.253 e. The zero-order valence-corrected chi connectivity index (χ0v) is 18.6. The highest BCUT2D eigenvalue weighted by Gasteiger charge is 2.32. The average molecular weight is 423 g/mol. The molecule has 3 aromatic rings. The Morgan fingerprint density at radius 3 is 2.77 bits per heavy atom. The van der Waals surface area contributed by atoms with Crippen LogP contribution in [0.25, 0.3) is 10.9 Å². The standard InChI is InChI=1S/C24H30N4O3/c1-24(15-30-19-6-7-20-17(13-19)9-10-25-20)16-31-22-8-5-18(14-21(22)26-24)23(29)28(4)12-11-27(2)3/h5-10,13-14,25-26H,11-12,15-16H2,1-4H3. The van der Waals surface area contributed by atoms with Crippen molar-refractivity contribution in [3.8, 4) is 11.5 Å². The SMILES string of the molecule is CN(C)CCN(C)C(=O)c1ccc2c(c1)NC(C)(COc1ccc3[nH]ccc3c1)CO2. The number of H-pyrrole nitrogens is 1. The summed E-state index contributed by atoms with van der Waals surface area (Å²) in [6, 6.07) is 13.6. The third-order valence-electron chi connectivity index (χ3n) is 5.52. The monoisotopic (exact) mass is 422 g/mol. The van der Waals surface area contributed by atoms with Crippen LogP contribution in [-0.2, 0) is 0 Å². The molecule has 7 nitrogen and oxygen atoms in total. The molecule has 0 aliphatic carbocycles. The summed E-state index contributed by atoms with van der Waals surface area (Å²) in [7, 11) is 5.82. The first kappa shape index (κ1) is 21.1. The maximum atomic E-state index is 12.8. The number of benzene rings is 2. The number of anilines is 1. The second-order valence-corrected chi connectivity index (χ2v) is 8.73. The predicted octanol–water partition coefficient (Wildman–Crippen LogP) is 3.44. The quantitative estimate of drug-likeness (QED) is 0.610. The summed E-state index contributed by atoms with van der Waals surface area (Å²) in [5.74, 6) is 1.56. The van der Waals surface area contributed by atoms with Crippen LogP contribution < -0.4 is 14.8 Å². The van der Waals surface area contributed by atoms with Crippen molar-refractivity contribution >= 4 is 22.5 Å². The van der Waals surface area contributed by atoms with E-state index in [1.165, 1.54) is 0 Å². The molecule has 4 rings (SSSR count). The van der Waals surface area contributed by atoms with Gasteiger partial charge < -0.3 is 29.6 Å². The molecular weight excluding hydrogens is 392 g/mol. The van der Waals surface area contributed by atoms with Gasteiger partial charge in [-0.25, -0.2) is 0 Å². The van der Waals surface area contributed by atoms with Gasteiger partial charge in [0, 0.05) is 42.8 Å². The van der Waals surface area contributed by atoms with Crippen molar-refractivity contribution in [2.75, 3.05) is 52.8 Å². The summed E-state index contributed by atoms with van der Waals surface area (Å²) < 4.78 is 12.1. The Morgan fingerprint density at radius 1 is 1.13 bits per heavy atom. The largest absolute Gasteiger partial charge is 0.491 e. The van der Waals surface area contributed by atoms with Crippen LogP contribution in [0.4, 0.5) is 5.69 Å². The first-order valence-corrected chi connectivity index (χ1v) is 10.5. The van der Waals surface area contributed by atoms with Crippen molar-refractivity contribution in [2.24, 2.45) is 0 Å². The van der Waals surface area contributed by atoms with Crippen molar-refractivity contribution in [2.45, 2.75) is 12.5 Å². The van der Waals surface area contributed by atoms with Gasteiger partial charge >= 0.3 is 0 Å². The van der Waals surface area contributed by atoms with Crippen LogP contribution in [0.5, 0.6) is 11.5 Å². The Balaban J connectivity index is 1.43. The molecule has 0 spiro atoms. The molecule has 1 atom stereocenters. The van der Waals surface area contributed by atoms with E-state index in [0.717, 1.165) is 34.6 Å². The van der Waals surface area contributed by atoms with Crippen LogP contribution in [-0.4, -0.2) is 73.7 Å². The molecule has 2 heterocycles. The number of ether oxygens (including phenoxy) is 2. The van der Waals surface area contributed by atoms with E-state index >= 15 is 0 Å². The molecule has 7 heteroatoms. The molecule has 0 bridgehead atoms. The predicted molar refractivity (Wildman–Crippen MR) is 123 cm³/mol. The Hall–Kier alpha value is -3.19. The molecule has 1 amide bonds. The van der Waals surface area contributed by atoms with Crippen LogP contribution in [0.1, 0.15) is 17.3 Å². The third-order valence-corrected chi connectivity index (χ3v) is 5.52. The normalized spacial score (nSPS) is 17.7. The second kappa shape index (κ2) is 8.51. The zero-order valence-electron chi connectivity index (χ0n) is 18.6. The minimum Gasteiger partial charge on any atom is -0.491 e. The number of nitrogens with one attached hydrogen (secondary N) is 2. The average Bonchev–Trinajstić information content (AvgIpc) is 3.23. The van der Waals surface area contributed by atoms with Gasteiger partial charge in [0.15, 0.2) is 0 Å². The molecule has 1 aromatic heterocycles. The molecule has 1 aliphatic heterocycles. The van der Waals surface area contributed by atoms with Gasteiger partial charge in [0.1, 0.15) is 30.3 Å². The summed E-state index contributed by atoms with van der Waals surface area (Å²) in [4.78, 5) is 19.8. The lowest BCUT2D eigenvalue weighted by Crippen LogP contribution is -2.49. The molecule has 0 saturated carbocycles. The number of amides is 1. The molecule has 0 saturated heterocycles. The van der Waals surface area contributed by atoms with Crippen molar-refractivity contribution in [1.82, 2.24) is 14.8 Å². The zero-order chi connectivity index (χ0) is 22.0. The van der Waals surface area contributed by atoms with Crippen LogP contribution in [0.2, 0.25) is 0 Å². The van der Waals surface area contributed by atoms with E-state index in [4.69, 9.17) is 9.47 Å². The van der Waals surface area contributed by atoms with Gasteiger partial charge in [-0.2, -0.15) is 0 Å². The summed E-state index contributed by atoms with van der Waals surface area (Å²) in [6.07, 6.45) is 1.92. The van der Waals surface area contributed by atoms with Gasteiger partial charge in [-0.3, -0.25) is 4.79 Å². The van der Waals surface area contributed by atoms with E-state index in [2.05, 4.69) is 22.1 Å². The Morgan fingerprint density at radius 2 is 1.97 bits per heavy atom. The highest BCUT2D eigenvalue weighted by Crippen LogP contribution is 2.34. The number of rotatable bonds is 7. The third kappa shape index (κ3) is 4.77. The van der Waals surface area contributed by atoms with Gasteiger partial charge in [0.05, 0.1) is 5.69 Å². The minimum absolute atomic E-state index is 0.00483. The van der Waals surface area contributed by atoms with Crippen molar-refractivity contribution in [3.05, 3.63) is 54.2 Å². The summed E-state index contributed by atoms with van der Waals surface area (Å²) in [5.41, 5.74) is 2.11. The summed E-state index contributed by atoms with van der Waals surface area (Å²) in [6.45, 7) is 4.45. The van der Waals surface area contributed by atoms with Crippen molar-refractivity contribution in [3.63, 3.8) is 0 Å². The van der Waals surface area contributed by atoms with Crippen LogP contribution in [0.3, 0.4) is 0 Å². The summed E-state index contributed by atoms with van der Waals surface area (Å²) >= 11 is 0. The number of hydrogen-bond donors (Lipinski definition) is 2. The van der Waals surface area contributed by atoms with Gasteiger partial charge in [0.2, 0.25) is 0 Å². The lowest BCUT2D eigenvalue weighted by molar-refractivity contribution is 0.0786. The van der Waals surface area contributed by atoms with E-state index in [1.807, 2.05) is 69.8 Å². The molecule has 1 aliphatic rings. The van der Waals surface area contributed by atoms with Gasteiger partial charge in [0.25, 0.3) is 5.91 Å². The van der Waals surface area contributed by atoms with Gasteiger partial charge in [-0.15, -0.1) is 0 Å². The first-order chi connectivity index (χ1) is 14.8. The molecule has 31 heavy (non-hydrogen) atoms. The van der Waals surface area contributed by atoms with E-state index in [-0.39, 0.29) is 5.91 Å². The fourth-order valence-electron chi connectivity index (χ4n) is 3.60. The van der Waals surface area contributed by atoms with E-state index < -0.39 is 5.54 Å². The number of aromatic amines is 1. The molecular formula is C24H30N4O3. The number of nitrogens with zero attached hydrogens (tertiary/aromatic N) is 2. The van der Waals surface area contributed by atoms with Crippen LogP contribution >= 0.6 is 0 Å². The number of carbonyl (C=O) groups excluding carboxylic acids is 1. The fourth-order valence-corrected chi connectivity index (χ4v) is 3.60. The first-order valence-electron chi connectivity index (χ1n) is 10.5. The van der Waals surface area contributed by atoms with E-state index in [1.54, 1.807) is 4.90 Å². The van der Waals surface area contributed by atoms with Crippen molar-refractivity contribution in [1.29, 1.82) is 0 Å². The smallest absolute Gasteiger partial charge is 0.253 e. The molecule has 1 unspecified atom stereocenters. The topological polar surface area (TPSA) is 69.8 Å². The highest BCUT2D eigenvalue weighted by molar-refractivity contribution is 5.95. The summed E-state index contributed by atoms with van der Waals surface area (Å²) in [5, 5.41) is 4.64. The molecule has 0 fully saturated rings. The molecule has 2 N–H and O–H groups in total. The lowest BCUT2D eigenvalue weighted by atomic mass is 10.0. The maximum absolute atomic E-state index is 12.8. The van der Waals surface area contributed by atoms with E-state index in [9.17, 15) is 4.79 Å². The fraction of sp³-hybridized carbons (Fsp3) is 0.375. The van der Waals surface area contributed by atoms with Crippen LogP contribution in [0, 0.1) is 0 Å². The highest BCUT2D eigenvalue weighted by atomic mass is 16.5. The Labute approximate surface area is 182 Å².